The average molecular weight is 899 g/mol. The van der Waals surface area contributed by atoms with Crippen LogP contribution in [0.4, 0.5) is 5.69 Å². The lowest BCUT2D eigenvalue weighted by Gasteiger charge is -2.64. The maximum absolute atomic E-state index is 12.5. The van der Waals surface area contributed by atoms with E-state index in [4.69, 9.17) is 21.1 Å². The van der Waals surface area contributed by atoms with Crippen LogP contribution in [-0.4, -0.2) is 77.3 Å². The molecule has 1 aromatic carbocycles. The first-order valence-electron chi connectivity index (χ1n) is 25.2. The van der Waals surface area contributed by atoms with Crippen LogP contribution >= 0.6 is 11.6 Å². The van der Waals surface area contributed by atoms with Gasteiger partial charge in [0, 0.05) is 43.5 Å². The number of hydrogen-bond donors (Lipinski definition) is 3. The van der Waals surface area contributed by atoms with Gasteiger partial charge in [-0.05, 0) is 190 Å². The molecule has 0 unspecified atom stereocenters. The van der Waals surface area contributed by atoms with Crippen LogP contribution in [0.25, 0.3) is 0 Å². The number of aliphatic hydroxyl groups excluding tert-OH is 1. The second kappa shape index (κ2) is 17.8. The van der Waals surface area contributed by atoms with E-state index in [1.165, 1.54) is 16.7 Å². The van der Waals surface area contributed by atoms with E-state index in [9.17, 15) is 24.9 Å². The number of carboxylic acid groups (broad SMARTS) is 1. The fourth-order valence-corrected chi connectivity index (χ4v) is 17.0. The number of alkyl halides is 1. The molecule has 9 heteroatoms. The van der Waals surface area contributed by atoms with Crippen molar-refractivity contribution in [2.75, 3.05) is 31.2 Å². The molecule has 0 amide bonds. The third-order valence-electron chi connectivity index (χ3n) is 20.3. The normalized spacial score (nSPS) is 42.7. The van der Waals surface area contributed by atoms with Gasteiger partial charge < -0.3 is 29.7 Å². The number of halogens is 1. The molecule has 0 aliphatic heterocycles. The predicted octanol–water partition coefficient (Wildman–Crippen LogP) is 10.5. The molecule has 350 valence electrons. The van der Waals surface area contributed by atoms with Crippen molar-refractivity contribution in [2.45, 2.75) is 167 Å². The van der Waals surface area contributed by atoms with E-state index in [1.54, 1.807) is 5.57 Å². The van der Waals surface area contributed by atoms with E-state index in [0.29, 0.717) is 60.9 Å². The lowest BCUT2D eigenvalue weighted by atomic mass is 9.43. The van der Waals surface area contributed by atoms with E-state index in [2.05, 4.69) is 75.7 Å². The van der Waals surface area contributed by atoms with Crippen LogP contribution in [0.3, 0.4) is 0 Å². The first-order chi connectivity index (χ1) is 30.6. The molecule has 16 atom stereocenters. The first kappa shape index (κ1) is 46.4. The van der Waals surface area contributed by atoms with Crippen molar-refractivity contribution >= 4 is 29.0 Å². The molecule has 0 radical (unpaired) electrons. The molecule has 6 saturated carbocycles. The molecule has 0 bridgehead atoms. The molecule has 8 aliphatic rings. The highest BCUT2D eigenvalue weighted by molar-refractivity contribution is 6.17. The largest absolute Gasteiger partial charge is 0.481 e. The molecule has 64 heavy (non-hydrogen) atoms. The van der Waals surface area contributed by atoms with Crippen molar-refractivity contribution in [3.8, 4) is 11.8 Å². The summed E-state index contributed by atoms with van der Waals surface area (Å²) in [6.45, 7) is 12.6. The summed E-state index contributed by atoms with van der Waals surface area (Å²) in [6.07, 6.45) is 15.5. The zero-order chi connectivity index (χ0) is 45.3. The molecular weight excluding hydrogens is 822 g/mol. The highest BCUT2D eigenvalue weighted by atomic mass is 35.5. The maximum atomic E-state index is 12.5. The van der Waals surface area contributed by atoms with Crippen molar-refractivity contribution in [1.29, 1.82) is 0 Å². The third kappa shape index (κ3) is 7.66. The average Bonchev–Trinajstić information content (AvgIpc) is 3.76. The van der Waals surface area contributed by atoms with Gasteiger partial charge in [0.2, 0.25) is 0 Å². The van der Waals surface area contributed by atoms with Gasteiger partial charge in [0.25, 0.3) is 0 Å². The zero-order valence-electron chi connectivity index (χ0n) is 39.5. The van der Waals surface area contributed by atoms with Crippen LogP contribution in [0.1, 0.15) is 149 Å². The number of carboxylic acids is 1. The maximum Gasteiger partial charge on any atom is 0.303 e. The van der Waals surface area contributed by atoms with Gasteiger partial charge in [0.05, 0.1) is 24.9 Å². The quantitative estimate of drug-likeness (QED) is 0.140. The lowest BCUT2D eigenvalue weighted by Crippen LogP contribution is -2.62. The molecule has 0 spiro atoms. The first-order valence-corrected chi connectivity index (χ1v) is 25.7. The Kier molecular flexibility index (Phi) is 12.9. The molecule has 0 heterocycles. The number of rotatable bonds is 12. The Hall–Kier alpha value is -2.67. The van der Waals surface area contributed by atoms with Crippen molar-refractivity contribution in [3.63, 3.8) is 0 Å². The minimum Gasteiger partial charge on any atom is -0.481 e. The number of anilines is 1. The van der Waals surface area contributed by atoms with Gasteiger partial charge in [-0.2, -0.15) is 0 Å². The highest BCUT2D eigenvalue weighted by Crippen LogP contribution is 2.70. The van der Waals surface area contributed by atoms with Crippen molar-refractivity contribution in [1.82, 2.24) is 0 Å². The molecule has 9 rings (SSSR count). The standard InChI is InChI=1S/C55H76ClNO7/c1-7-22-55(62)24-21-44-41-15-11-35-27-38(58)14-16-40(35)50(41)42(31-53(44,55)4)34-9-12-37(13-10-34)57(6)25-26-63-39-20-23-52(3)36(28-39)29-47(64-32-56)51-45-18-17-43(33(2)8-19-49(60)61)54(45,5)48(59)30-46(51)52/h9-10,12-13,27,33,36,39,41-48,51,59,62H,8,11,14-21,23-26,28-32H2,1-6H3,(H,60,61)/t33-,36+,39+,41+,42-,43-,44+,45+,46+,47-,48+,51+,52+,53+,54-,55+/m1/s1. The van der Waals surface area contributed by atoms with Gasteiger partial charge in [-0.1, -0.05) is 62.9 Å². The van der Waals surface area contributed by atoms with Gasteiger partial charge in [-0.3, -0.25) is 9.59 Å². The number of allylic oxidation sites excluding steroid dienone is 4. The second-order valence-electron chi connectivity index (χ2n) is 22.8. The Morgan fingerprint density at radius 3 is 2.48 bits per heavy atom. The minimum atomic E-state index is -0.985. The van der Waals surface area contributed by atoms with E-state index in [0.717, 1.165) is 95.7 Å². The van der Waals surface area contributed by atoms with Crippen LogP contribution in [0.5, 0.6) is 0 Å². The van der Waals surface area contributed by atoms with Crippen LogP contribution in [0.2, 0.25) is 0 Å². The topological polar surface area (TPSA) is 117 Å². The van der Waals surface area contributed by atoms with E-state index in [1.807, 2.05) is 13.0 Å². The van der Waals surface area contributed by atoms with Gasteiger partial charge in [0.15, 0.2) is 5.78 Å². The number of likely N-dealkylation sites (N-methyl/N-ethyl adjacent to an activating group) is 1. The zero-order valence-corrected chi connectivity index (χ0v) is 40.3. The fraction of sp³-hybridized carbons (Fsp3) is 0.745. The molecular formula is C55H76ClNO7. The number of nitrogens with zero attached hydrogens (tertiary/aromatic N) is 1. The van der Waals surface area contributed by atoms with Crippen LogP contribution < -0.4 is 4.90 Å². The number of fused-ring (bicyclic) bond motifs is 9. The smallest absolute Gasteiger partial charge is 0.303 e. The highest BCUT2D eigenvalue weighted by Gasteiger charge is 2.67. The summed E-state index contributed by atoms with van der Waals surface area (Å²) in [6, 6.07) is 9.31. The number of aliphatic carboxylic acids is 1. The van der Waals surface area contributed by atoms with Crippen molar-refractivity contribution < 1.29 is 34.4 Å². The molecule has 8 nitrogen and oxygen atoms in total. The van der Waals surface area contributed by atoms with Crippen molar-refractivity contribution in [2.24, 2.45) is 63.6 Å². The fourth-order valence-electron chi connectivity index (χ4n) is 16.9. The Morgan fingerprint density at radius 2 is 1.75 bits per heavy atom. The summed E-state index contributed by atoms with van der Waals surface area (Å²) in [5, 5.41) is 33.7. The van der Waals surface area contributed by atoms with E-state index in [-0.39, 0.29) is 58.6 Å². The summed E-state index contributed by atoms with van der Waals surface area (Å²) in [7, 11) is 2.15. The van der Waals surface area contributed by atoms with Gasteiger partial charge >= 0.3 is 5.97 Å². The van der Waals surface area contributed by atoms with Gasteiger partial charge in [-0.25, -0.2) is 0 Å². The number of hydrogen-bond acceptors (Lipinski definition) is 7. The van der Waals surface area contributed by atoms with Gasteiger partial charge in [0.1, 0.15) is 11.7 Å². The van der Waals surface area contributed by atoms with Crippen LogP contribution in [-0.2, 0) is 19.1 Å². The number of carbonyl (C=O) groups excluding carboxylic acids is 1. The number of benzene rings is 1. The summed E-state index contributed by atoms with van der Waals surface area (Å²) in [4.78, 5) is 26.3. The summed E-state index contributed by atoms with van der Waals surface area (Å²) in [5.41, 5.74) is 5.25. The molecule has 8 aliphatic carbocycles. The second-order valence-corrected chi connectivity index (χ2v) is 23.0. The van der Waals surface area contributed by atoms with Gasteiger partial charge in [-0.15, -0.1) is 5.92 Å². The Morgan fingerprint density at radius 1 is 0.969 bits per heavy atom. The van der Waals surface area contributed by atoms with Crippen LogP contribution in [0.15, 0.2) is 47.1 Å². The Balaban J connectivity index is 0.856. The SMILES string of the molecule is CC#C[C@]1(O)CC[C@H]2[C@@H]3CCC4=CC(=O)CCC4=C3[C@@H](c3ccc(N(C)CCO[C@H]4CC[C@@]5(C)[C@@H](C4)C[C@@H](OCCl)[C@@H]4[C@@H]5C[C@H](O)[C@]5(C)[C@@H]([C@H](C)CCC(=O)O)CC[C@@H]45)cc3)C[C@@]21C. The van der Waals surface area contributed by atoms with Crippen LogP contribution in [0, 0.1) is 75.4 Å². The third-order valence-corrected chi connectivity index (χ3v) is 20.4. The number of carbonyl (C=O) groups is 2. The lowest BCUT2D eigenvalue weighted by molar-refractivity contribution is -0.215. The molecule has 1 aromatic rings. The molecule has 6 fully saturated rings. The summed E-state index contributed by atoms with van der Waals surface area (Å²) < 4.78 is 13.2. The Labute approximate surface area is 388 Å². The number of ketones is 1. The number of ether oxygens (including phenoxy) is 2. The van der Waals surface area contributed by atoms with E-state index < -0.39 is 17.7 Å². The molecule has 3 N–H and O–H groups in total. The monoisotopic (exact) mass is 898 g/mol. The van der Waals surface area contributed by atoms with E-state index >= 15 is 0 Å². The Bertz CT molecular complexity index is 2070. The van der Waals surface area contributed by atoms with Crippen molar-refractivity contribution in [3.05, 3.63) is 52.6 Å². The minimum absolute atomic E-state index is 0.0527. The summed E-state index contributed by atoms with van der Waals surface area (Å²) in [5.74, 6) is 8.89. The summed E-state index contributed by atoms with van der Waals surface area (Å²) >= 11 is 6.38. The number of aliphatic hydroxyl groups is 2. The molecule has 0 aromatic heterocycles. The predicted molar refractivity (Wildman–Crippen MR) is 252 cm³/mol. The molecule has 0 saturated heterocycles.